The van der Waals surface area contributed by atoms with Crippen molar-refractivity contribution in [3.8, 4) is 11.4 Å². The average molecular weight is 509 g/mol. The average Bonchev–Trinajstić information content (AvgIpc) is 3.55. The molecule has 5 rings (SSSR count). The third kappa shape index (κ3) is 4.77. The number of aromatic nitrogens is 3. The third-order valence-electron chi connectivity index (χ3n) is 6.81. The zero-order valence-electron chi connectivity index (χ0n) is 20.2. The van der Waals surface area contributed by atoms with Crippen LogP contribution in [-0.2, 0) is 21.5 Å². The van der Waals surface area contributed by atoms with Crippen molar-refractivity contribution in [1.82, 2.24) is 14.8 Å². The number of benzene rings is 2. The fourth-order valence-electron chi connectivity index (χ4n) is 4.95. The zero-order valence-corrected chi connectivity index (χ0v) is 21.8. The van der Waals surface area contributed by atoms with Crippen LogP contribution in [0.2, 0.25) is 5.02 Å². The van der Waals surface area contributed by atoms with Gasteiger partial charge in [0.05, 0.1) is 18.4 Å². The van der Waals surface area contributed by atoms with E-state index in [0.29, 0.717) is 11.6 Å². The van der Waals surface area contributed by atoms with Crippen LogP contribution < -0.4 is 4.90 Å². The number of likely N-dealkylation sites (N-methyl/N-ethyl adjacent to an activating group) is 1. The highest BCUT2D eigenvalue weighted by atomic mass is 35.5. The molecule has 0 N–H and O–H groups in total. The van der Waals surface area contributed by atoms with Crippen molar-refractivity contribution < 1.29 is 9.53 Å². The van der Waals surface area contributed by atoms with Crippen LogP contribution in [0, 0.1) is 0 Å². The van der Waals surface area contributed by atoms with Gasteiger partial charge in [-0.15, -0.1) is 10.2 Å². The Morgan fingerprint density at radius 1 is 1.20 bits per heavy atom. The van der Waals surface area contributed by atoms with Gasteiger partial charge in [-0.05, 0) is 48.7 Å². The molecule has 1 aromatic heterocycles. The van der Waals surface area contributed by atoms with Gasteiger partial charge in [-0.1, -0.05) is 55.4 Å². The van der Waals surface area contributed by atoms with E-state index < -0.39 is 0 Å². The van der Waals surface area contributed by atoms with E-state index in [1.807, 2.05) is 43.4 Å². The van der Waals surface area contributed by atoms with Gasteiger partial charge in [0.25, 0.3) is 0 Å². The number of allylic oxidation sites excluding steroid dienone is 2. The molecule has 3 heterocycles. The Morgan fingerprint density at radius 3 is 2.69 bits per heavy atom. The number of nitrogens with zero attached hydrogens (tertiary/aromatic N) is 4. The number of anilines is 1. The summed E-state index contributed by atoms with van der Waals surface area (Å²) in [6.07, 6.45) is 3.98. The molecular weight excluding hydrogens is 480 g/mol. The van der Waals surface area contributed by atoms with Crippen LogP contribution in [0.1, 0.15) is 32.3 Å². The smallest absolute Gasteiger partial charge is 0.192 e. The lowest BCUT2D eigenvalue weighted by Gasteiger charge is -2.23. The molecule has 1 atom stereocenters. The molecule has 0 radical (unpaired) electrons. The fraction of sp³-hybridized carbons (Fsp3) is 0.370. The molecule has 0 spiro atoms. The van der Waals surface area contributed by atoms with E-state index in [0.717, 1.165) is 47.4 Å². The molecule has 0 saturated carbocycles. The monoisotopic (exact) mass is 508 g/mol. The Bertz CT molecular complexity index is 1260. The third-order valence-corrected chi connectivity index (χ3v) is 8.05. The highest BCUT2D eigenvalue weighted by molar-refractivity contribution is 7.99. The van der Waals surface area contributed by atoms with Crippen LogP contribution in [0.5, 0.6) is 0 Å². The van der Waals surface area contributed by atoms with E-state index in [9.17, 15) is 4.79 Å². The maximum Gasteiger partial charge on any atom is 0.192 e. The summed E-state index contributed by atoms with van der Waals surface area (Å²) in [5.41, 5.74) is 4.10. The number of ether oxygens (including phenoxy) is 1. The van der Waals surface area contributed by atoms with Gasteiger partial charge in [-0.3, -0.25) is 9.36 Å². The Hall–Kier alpha value is -2.61. The number of ketones is 1. The number of thioether (sulfide) groups is 1. The highest BCUT2D eigenvalue weighted by Crippen LogP contribution is 2.46. The molecule has 1 saturated heterocycles. The Kier molecular flexibility index (Phi) is 6.75. The second-order valence-corrected chi connectivity index (χ2v) is 10.9. The largest absolute Gasteiger partial charge is 0.376 e. The maximum atomic E-state index is 13.1. The minimum Gasteiger partial charge on any atom is -0.376 e. The van der Waals surface area contributed by atoms with Crippen molar-refractivity contribution in [2.45, 2.75) is 49.9 Å². The first kappa shape index (κ1) is 24.1. The van der Waals surface area contributed by atoms with Crippen molar-refractivity contribution in [2.24, 2.45) is 0 Å². The normalized spacial score (nSPS) is 19.9. The molecule has 0 amide bonds. The van der Waals surface area contributed by atoms with Crippen molar-refractivity contribution in [3.63, 3.8) is 0 Å². The van der Waals surface area contributed by atoms with Crippen molar-refractivity contribution in [2.75, 3.05) is 24.3 Å². The number of para-hydroxylation sites is 1. The molecule has 2 aliphatic heterocycles. The molecule has 1 unspecified atom stereocenters. The molecule has 0 bridgehead atoms. The number of halogens is 1. The maximum absolute atomic E-state index is 13.1. The van der Waals surface area contributed by atoms with Crippen LogP contribution in [-0.4, -0.2) is 46.1 Å². The van der Waals surface area contributed by atoms with Crippen molar-refractivity contribution in [3.05, 3.63) is 70.9 Å². The summed E-state index contributed by atoms with van der Waals surface area (Å²) in [6.45, 7) is 5.77. The molecule has 3 aromatic rings. The molecule has 2 aliphatic rings. The first-order valence-electron chi connectivity index (χ1n) is 11.9. The first-order chi connectivity index (χ1) is 16.8. The lowest BCUT2D eigenvalue weighted by atomic mass is 9.83. The van der Waals surface area contributed by atoms with E-state index in [4.69, 9.17) is 16.3 Å². The van der Waals surface area contributed by atoms with Gasteiger partial charge in [0.15, 0.2) is 16.8 Å². The minimum absolute atomic E-state index is 0.0532. The summed E-state index contributed by atoms with van der Waals surface area (Å²) < 4.78 is 7.96. The summed E-state index contributed by atoms with van der Waals surface area (Å²) >= 11 is 7.50. The number of rotatable bonds is 7. The van der Waals surface area contributed by atoms with Gasteiger partial charge < -0.3 is 9.64 Å². The van der Waals surface area contributed by atoms with Crippen molar-refractivity contribution >= 4 is 34.8 Å². The molecule has 2 aromatic carbocycles. The number of hydrogen-bond donors (Lipinski definition) is 0. The van der Waals surface area contributed by atoms with Crippen molar-refractivity contribution in [1.29, 1.82) is 0 Å². The lowest BCUT2D eigenvalue weighted by Crippen LogP contribution is -2.24. The van der Waals surface area contributed by atoms with Crippen LogP contribution in [0.25, 0.3) is 11.4 Å². The van der Waals surface area contributed by atoms with Gasteiger partial charge in [-0.25, -0.2) is 0 Å². The molecule has 35 heavy (non-hydrogen) atoms. The number of carbonyl (C=O) groups is 1. The van der Waals surface area contributed by atoms with Gasteiger partial charge in [0, 0.05) is 47.1 Å². The fourth-order valence-corrected chi connectivity index (χ4v) is 5.85. The molecule has 182 valence electrons. The second-order valence-electron chi connectivity index (χ2n) is 9.54. The van der Waals surface area contributed by atoms with Crippen LogP contribution in [0.4, 0.5) is 5.69 Å². The SMILES string of the molecule is CN1/C(=C\C(=O)CSc2nnc(-c3ccc(Cl)cc3)n2CC2CCCO2)C(C)(C)c2ccccc21. The van der Waals surface area contributed by atoms with Gasteiger partial charge >= 0.3 is 0 Å². The number of hydrogen-bond acceptors (Lipinski definition) is 6. The highest BCUT2D eigenvalue weighted by Gasteiger charge is 2.38. The Morgan fingerprint density at radius 2 is 1.97 bits per heavy atom. The molecule has 0 aliphatic carbocycles. The molecule has 1 fully saturated rings. The van der Waals surface area contributed by atoms with E-state index in [-0.39, 0.29) is 23.1 Å². The molecule has 6 nitrogen and oxygen atoms in total. The number of carbonyl (C=O) groups excluding carboxylic acids is 1. The predicted molar refractivity (Wildman–Crippen MR) is 141 cm³/mol. The molecular formula is C27H29ClN4O2S. The lowest BCUT2D eigenvalue weighted by molar-refractivity contribution is -0.112. The zero-order chi connectivity index (χ0) is 24.6. The Balaban J connectivity index is 1.36. The summed E-state index contributed by atoms with van der Waals surface area (Å²) in [6, 6.07) is 15.9. The molecule has 8 heteroatoms. The van der Waals surface area contributed by atoms with E-state index in [1.54, 1.807) is 6.08 Å². The van der Waals surface area contributed by atoms with Gasteiger partial charge in [0.2, 0.25) is 0 Å². The van der Waals surface area contributed by atoms with Crippen LogP contribution in [0.3, 0.4) is 0 Å². The predicted octanol–water partition coefficient (Wildman–Crippen LogP) is 5.75. The minimum atomic E-state index is -0.229. The van der Waals surface area contributed by atoms with E-state index >= 15 is 0 Å². The topological polar surface area (TPSA) is 60.2 Å². The Labute approximate surface area is 215 Å². The van der Waals surface area contributed by atoms with Crippen LogP contribution in [0.15, 0.2) is 65.5 Å². The van der Waals surface area contributed by atoms with Gasteiger partial charge in [0.1, 0.15) is 0 Å². The second kappa shape index (κ2) is 9.80. The quantitative estimate of drug-likeness (QED) is 0.299. The summed E-state index contributed by atoms with van der Waals surface area (Å²) in [5.74, 6) is 1.10. The van der Waals surface area contributed by atoms with Crippen LogP contribution >= 0.6 is 23.4 Å². The standard InChI is InChI=1S/C27H29ClN4O2S/c1-27(2)22-8-4-5-9-23(22)31(3)24(27)15-20(33)17-35-26-30-29-25(18-10-12-19(28)13-11-18)32(26)16-21-7-6-14-34-21/h4-5,8-13,15,21H,6-7,14,16-17H2,1-3H3/b24-15-. The van der Waals surface area contributed by atoms with E-state index in [2.05, 4.69) is 45.6 Å². The number of fused-ring (bicyclic) bond motifs is 1. The summed E-state index contributed by atoms with van der Waals surface area (Å²) in [4.78, 5) is 15.2. The first-order valence-corrected chi connectivity index (χ1v) is 13.2. The summed E-state index contributed by atoms with van der Waals surface area (Å²) in [7, 11) is 2.02. The van der Waals surface area contributed by atoms with E-state index in [1.165, 1.54) is 17.3 Å². The summed E-state index contributed by atoms with van der Waals surface area (Å²) in [5, 5.41) is 10.3. The van der Waals surface area contributed by atoms with Gasteiger partial charge in [-0.2, -0.15) is 0 Å².